The zero-order chi connectivity index (χ0) is 19.8. The predicted molar refractivity (Wildman–Crippen MR) is 104 cm³/mol. The van der Waals surface area contributed by atoms with Crippen LogP contribution in [0.25, 0.3) is 11.0 Å². The third kappa shape index (κ3) is 3.85. The van der Waals surface area contributed by atoms with E-state index in [1.807, 2.05) is 23.4 Å². The van der Waals surface area contributed by atoms with E-state index in [-0.39, 0.29) is 16.8 Å². The number of piperazine rings is 1. The van der Waals surface area contributed by atoms with Crippen LogP contribution in [0.1, 0.15) is 19.2 Å². The van der Waals surface area contributed by atoms with Crippen molar-refractivity contribution < 1.29 is 13.2 Å². The highest BCUT2D eigenvalue weighted by molar-refractivity contribution is 7.89. The predicted octanol–water partition coefficient (Wildman–Crippen LogP) is 0.577. The summed E-state index contributed by atoms with van der Waals surface area (Å²) in [6.07, 6.45) is 0.917. The van der Waals surface area contributed by atoms with E-state index >= 15 is 0 Å². The second kappa shape index (κ2) is 7.57. The van der Waals surface area contributed by atoms with Crippen molar-refractivity contribution >= 4 is 27.0 Å². The van der Waals surface area contributed by atoms with Gasteiger partial charge in [0.1, 0.15) is 5.82 Å². The molecule has 1 fully saturated rings. The van der Waals surface area contributed by atoms with Crippen molar-refractivity contribution in [3.8, 4) is 0 Å². The van der Waals surface area contributed by atoms with Gasteiger partial charge < -0.3 is 14.8 Å². The number of rotatable bonds is 5. The Bertz CT molecular complexity index is 951. The van der Waals surface area contributed by atoms with Crippen LogP contribution < -0.4 is 5.32 Å². The number of fused-ring (bicyclic) bond motifs is 1. The van der Waals surface area contributed by atoms with Crippen molar-refractivity contribution in [2.24, 2.45) is 7.05 Å². The van der Waals surface area contributed by atoms with Crippen LogP contribution in [0.2, 0.25) is 0 Å². The number of aromatic nitrogens is 2. The Hall–Kier alpha value is -1.97. The fourth-order valence-electron chi connectivity index (χ4n) is 3.40. The average molecular weight is 394 g/mol. The molecule has 1 aromatic carbocycles. The van der Waals surface area contributed by atoms with Crippen LogP contribution in [0.5, 0.6) is 0 Å². The molecule has 0 radical (unpaired) electrons. The minimum atomic E-state index is -3.50. The van der Waals surface area contributed by atoms with Crippen LogP contribution in [-0.4, -0.2) is 72.9 Å². The first kappa shape index (κ1) is 19.8. The van der Waals surface area contributed by atoms with Crippen molar-refractivity contribution in [2.45, 2.75) is 30.7 Å². The highest BCUT2D eigenvalue weighted by Gasteiger charge is 2.23. The van der Waals surface area contributed by atoms with Crippen LogP contribution in [-0.2, 0) is 28.3 Å². The van der Waals surface area contributed by atoms with Crippen molar-refractivity contribution in [3.05, 3.63) is 24.0 Å². The summed E-state index contributed by atoms with van der Waals surface area (Å²) in [4.78, 5) is 19.3. The molecule has 1 amide bonds. The number of nitrogens with zero attached hydrogens (tertiary/aromatic N) is 4. The molecule has 2 heterocycles. The van der Waals surface area contributed by atoms with Gasteiger partial charge in [-0.3, -0.25) is 4.79 Å². The van der Waals surface area contributed by atoms with E-state index in [2.05, 4.69) is 10.3 Å². The van der Waals surface area contributed by atoms with Crippen molar-refractivity contribution in [2.75, 3.05) is 33.7 Å². The first-order valence-corrected chi connectivity index (χ1v) is 10.5. The molecule has 2 aromatic rings. The van der Waals surface area contributed by atoms with E-state index in [9.17, 15) is 13.2 Å². The fourth-order valence-corrected chi connectivity index (χ4v) is 4.32. The summed E-state index contributed by atoms with van der Waals surface area (Å²) in [7, 11) is 1.40. The maximum atomic E-state index is 12.5. The fraction of sp³-hybridized carbons (Fsp3) is 0.556. The molecule has 1 aliphatic rings. The number of amides is 1. The van der Waals surface area contributed by atoms with Gasteiger partial charge in [-0.15, -0.1) is 0 Å². The van der Waals surface area contributed by atoms with Gasteiger partial charge in [0, 0.05) is 59.7 Å². The molecular weight excluding hydrogens is 366 g/mol. The molecule has 3 rings (SSSR count). The smallest absolute Gasteiger partial charge is 0.242 e. The van der Waals surface area contributed by atoms with E-state index in [0.29, 0.717) is 18.4 Å². The first-order valence-electron chi connectivity index (χ1n) is 9.10. The van der Waals surface area contributed by atoms with Gasteiger partial charge in [-0.05, 0) is 25.1 Å². The first-order chi connectivity index (χ1) is 12.7. The molecule has 0 spiro atoms. The molecule has 1 aliphatic heterocycles. The minimum absolute atomic E-state index is 0.131. The van der Waals surface area contributed by atoms with Crippen LogP contribution in [0, 0.1) is 0 Å². The Labute approximate surface area is 160 Å². The standard InChI is InChI=1S/C18H27N5O3S/c1-13-12-19-9-10-23(13)18(24)8-7-17-20-15-11-14(27(25,26)21(2)3)5-6-16(15)22(17)4/h5-6,11,13,19H,7-10,12H2,1-4H3. The van der Waals surface area contributed by atoms with E-state index in [4.69, 9.17) is 0 Å². The maximum Gasteiger partial charge on any atom is 0.242 e. The van der Waals surface area contributed by atoms with Crippen molar-refractivity contribution in [1.29, 1.82) is 0 Å². The van der Waals surface area contributed by atoms with Gasteiger partial charge in [-0.25, -0.2) is 17.7 Å². The Morgan fingerprint density at radius 1 is 1.37 bits per heavy atom. The quantitative estimate of drug-likeness (QED) is 0.803. The molecule has 27 heavy (non-hydrogen) atoms. The lowest BCUT2D eigenvalue weighted by molar-refractivity contribution is -0.133. The summed E-state index contributed by atoms with van der Waals surface area (Å²) < 4.78 is 27.8. The maximum absolute atomic E-state index is 12.5. The largest absolute Gasteiger partial charge is 0.337 e. The average Bonchev–Trinajstić information content (AvgIpc) is 2.95. The topological polar surface area (TPSA) is 87.5 Å². The van der Waals surface area contributed by atoms with Crippen molar-refractivity contribution in [3.63, 3.8) is 0 Å². The van der Waals surface area contributed by atoms with Gasteiger partial charge in [-0.1, -0.05) is 0 Å². The second-order valence-corrected chi connectivity index (χ2v) is 9.32. The number of sulfonamides is 1. The van der Waals surface area contributed by atoms with E-state index in [1.54, 1.807) is 18.2 Å². The summed E-state index contributed by atoms with van der Waals surface area (Å²) in [6, 6.07) is 5.15. The normalized spacial score (nSPS) is 18.4. The molecule has 1 unspecified atom stereocenters. The Morgan fingerprint density at radius 2 is 2.11 bits per heavy atom. The lowest BCUT2D eigenvalue weighted by atomic mass is 10.2. The highest BCUT2D eigenvalue weighted by Crippen LogP contribution is 2.22. The van der Waals surface area contributed by atoms with Crippen molar-refractivity contribution in [1.82, 2.24) is 24.1 Å². The number of imidazole rings is 1. The summed E-state index contributed by atoms with van der Waals surface area (Å²) in [5.74, 6) is 0.910. The van der Waals surface area contributed by atoms with Gasteiger partial charge in [0.25, 0.3) is 0 Å². The molecule has 1 atom stereocenters. The van der Waals surface area contributed by atoms with Gasteiger partial charge in [-0.2, -0.15) is 0 Å². The van der Waals surface area contributed by atoms with Crippen LogP contribution in [0.15, 0.2) is 23.1 Å². The minimum Gasteiger partial charge on any atom is -0.337 e. The molecule has 9 heteroatoms. The third-order valence-electron chi connectivity index (χ3n) is 5.11. The number of benzene rings is 1. The number of carbonyl (C=O) groups excluding carboxylic acids is 1. The summed E-state index contributed by atoms with van der Waals surface area (Å²) in [5, 5.41) is 3.28. The monoisotopic (exact) mass is 393 g/mol. The Kier molecular flexibility index (Phi) is 5.55. The van der Waals surface area contributed by atoms with Gasteiger partial charge in [0.2, 0.25) is 15.9 Å². The molecule has 1 aromatic heterocycles. The molecule has 0 saturated carbocycles. The van der Waals surface area contributed by atoms with E-state index < -0.39 is 10.0 Å². The Balaban J connectivity index is 1.79. The van der Waals surface area contributed by atoms with E-state index in [1.165, 1.54) is 18.4 Å². The summed E-state index contributed by atoms with van der Waals surface area (Å²) in [5.41, 5.74) is 1.48. The lowest BCUT2D eigenvalue weighted by Gasteiger charge is -2.34. The van der Waals surface area contributed by atoms with Crippen LogP contribution in [0.4, 0.5) is 0 Å². The number of carbonyl (C=O) groups is 1. The molecule has 1 N–H and O–H groups in total. The van der Waals surface area contributed by atoms with Gasteiger partial charge in [0.15, 0.2) is 0 Å². The highest BCUT2D eigenvalue weighted by atomic mass is 32.2. The van der Waals surface area contributed by atoms with Crippen LogP contribution >= 0.6 is 0 Å². The number of hydrogen-bond acceptors (Lipinski definition) is 5. The third-order valence-corrected chi connectivity index (χ3v) is 6.92. The number of aryl methyl sites for hydroxylation is 2. The Morgan fingerprint density at radius 3 is 2.78 bits per heavy atom. The summed E-state index contributed by atoms with van der Waals surface area (Å²) >= 11 is 0. The van der Waals surface area contributed by atoms with Crippen LogP contribution in [0.3, 0.4) is 0 Å². The van der Waals surface area contributed by atoms with E-state index in [0.717, 1.165) is 31.0 Å². The molecule has 0 aliphatic carbocycles. The van der Waals surface area contributed by atoms with Gasteiger partial charge >= 0.3 is 0 Å². The molecule has 148 valence electrons. The number of hydrogen-bond donors (Lipinski definition) is 1. The van der Waals surface area contributed by atoms with Gasteiger partial charge in [0.05, 0.1) is 15.9 Å². The number of nitrogens with one attached hydrogen (secondary N) is 1. The SMILES string of the molecule is CC1CNCCN1C(=O)CCc1nc2cc(S(=O)(=O)N(C)C)ccc2n1C. The lowest BCUT2D eigenvalue weighted by Crippen LogP contribution is -2.52. The zero-order valence-corrected chi connectivity index (χ0v) is 17.1. The molecule has 1 saturated heterocycles. The molecule has 0 bridgehead atoms. The molecular formula is C18H27N5O3S. The summed E-state index contributed by atoms with van der Waals surface area (Å²) in [6.45, 7) is 4.42. The second-order valence-electron chi connectivity index (χ2n) is 7.17. The molecule has 8 nitrogen and oxygen atoms in total. The zero-order valence-electron chi connectivity index (χ0n) is 16.3.